The van der Waals surface area contributed by atoms with Crippen molar-refractivity contribution in [3.05, 3.63) is 47.8 Å². The van der Waals surface area contributed by atoms with Gasteiger partial charge >= 0.3 is 6.03 Å². The molecule has 0 unspecified atom stereocenters. The molecular weight excluding hydrogens is 342 g/mol. The normalized spacial score (nSPS) is 11.4. The van der Waals surface area contributed by atoms with E-state index in [-0.39, 0.29) is 12.1 Å². The first kappa shape index (κ1) is 20.3. The van der Waals surface area contributed by atoms with Crippen molar-refractivity contribution < 1.29 is 4.79 Å². The second kappa shape index (κ2) is 10.2. The molecule has 2 amide bonds. The predicted molar refractivity (Wildman–Crippen MR) is 109 cm³/mol. The number of anilines is 1. The van der Waals surface area contributed by atoms with Crippen LogP contribution in [0.25, 0.3) is 0 Å². The number of rotatable bonds is 7. The van der Waals surface area contributed by atoms with E-state index in [1.807, 2.05) is 62.8 Å². The maximum Gasteiger partial charge on any atom is 0.319 e. The second-order valence-electron chi connectivity index (χ2n) is 6.44. The van der Waals surface area contributed by atoms with Crippen molar-refractivity contribution in [2.45, 2.75) is 39.9 Å². The second-order valence-corrected chi connectivity index (χ2v) is 6.44. The van der Waals surface area contributed by atoms with Crippen molar-refractivity contribution in [1.82, 2.24) is 25.7 Å². The van der Waals surface area contributed by atoms with E-state index in [1.165, 1.54) is 0 Å². The molecule has 0 saturated carbocycles. The third-order valence-electron chi connectivity index (χ3n) is 3.75. The lowest BCUT2D eigenvalue weighted by Crippen LogP contribution is -2.37. The first-order valence-electron chi connectivity index (χ1n) is 9.13. The highest BCUT2D eigenvalue weighted by atomic mass is 16.2. The minimum Gasteiger partial charge on any atom is -0.357 e. The standard InChI is InChI=1S/C19H29N7O/c1-5-20-18(22-13-17-10-11-23-26(17)4)21-12-15-6-8-16(9-7-15)25-19(27)24-14(2)3/h6-11,14H,5,12-13H2,1-4H3,(H2,20,21,22)(H2,24,25,27). The molecule has 8 nitrogen and oxygen atoms in total. The molecule has 2 aromatic rings. The molecule has 1 aromatic carbocycles. The van der Waals surface area contributed by atoms with Crippen molar-refractivity contribution in [2.75, 3.05) is 11.9 Å². The van der Waals surface area contributed by atoms with Crippen molar-refractivity contribution in [1.29, 1.82) is 0 Å². The summed E-state index contributed by atoms with van der Waals surface area (Å²) >= 11 is 0. The van der Waals surface area contributed by atoms with Crippen molar-refractivity contribution in [3.8, 4) is 0 Å². The van der Waals surface area contributed by atoms with E-state index in [4.69, 9.17) is 0 Å². The molecule has 8 heteroatoms. The first-order chi connectivity index (χ1) is 13.0. The molecule has 0 aliphatic heterocycles. The van der Waals surface area contributed by atoms with E-state index in [0.717, 1.165) is 29.4 Å². The Labute approximate surface area is 160 Å². The number of hydrogen-bond acceptors (Lipinski definition) is 3. The smallest absolute Gasteiger partial charge is 0.319 e. The Morgan fingerprint density at radius 1 is 1.19 bits per heavy atom. The molecule has 0 radical (unpaired) electrons. The van der Waals surface area contributed by atoms with Gasteiger partial charge in [-0.1, -0.05) is 12.1 Å². The van der Waals surface area contributed by atoms with Crippen molar-refractivity contribution in [3.63, 3.8) is 0 Å². The molecule has 0 fully saturated rings. The topological polar surface area (TPSA) is 95.4 Å². The maximum absolute atomic E-state index is 11.7. The fourth-order valence-electron chi connectivity index (χ4n) is 2.38. The van der Waals surface area contributed by atoms with Crippen LogP contribution in [0, 0.1) is 0 Å². The highest BCUT2D eigenvalue weighted by Gasteiger charge is 2.04. The minimum atomic E-state index is -0.204. The molecule has 146 valence electrons. The number of nitrogens with one attached hydrogen (secondary N) is 4. The van der Waals surface area contributed by atoms with E-state index >= 15 is 0 Å². The Morgan fingerprint density at radius 3 is 2.52 bits per heavy atom. The summed E-state index contributed by atoms with van der Waals surface area (Å²) in [6.45, 7) is 7.85. The molecule has 27 heavy (non-hydrogen) atoms. The predicted octanol–water partition coefficient (Wildman–Crippen LogP) is 2.21. The van der Waals surface area contributed by atoms with Gasteiger partial charge in [-0.2, -0.15) is 5.10 Å². The zero-order valence-corrected chi connectivity index (χ0v) is 16.4. The quantitative estimate of drug-likeness (QED) is 0.443. The molecule has 0 spiro atoms. The lowest BCUT2D eigenvalue weighted by Gasteiger charge is -2.12. The van der Waals surface area contributed by atoms with Gasteiger partial charge < -0.3 is 21.3 Å². The number of urea groups is 1. The molecule has 1 heterocycles. The number of aromatic nitrogens is 2. The summed E-state index contributed by atoms with van der Waals surface area (Å²) in [6, 6.07) is 9.53. The number of carbonyl (C=O) groups is 1. The molecule has 0 atom stereocenters. The first-order valence-corrected chi connectivity index (χ1v) is 9.13. The summed E-state index contributed by atoms with van der Waals surface area (Å²) in [6.07, 6.45) is 1.78. The fourth-order valence-corrected chi connectivity index (χ4v) is 2.38. The van der Waals surface area contributed by atoms with Gasteiger partial charge in [0.1, 0.15) is 0 Å². The Bertz CT molecular complexity index is 750. The Morgan fingerprint density at radius 2 is 1.93 bits per heavy atom. The molecule has 0 saturated heterocycles. The van der Waals surface area contributed by atoms with Gasteiger partial charge in [0.05, 0.1) is 18.8 Å². The summed E-state index contributed by atoms with van der Waals surface area (Å²) in [4.78, 5) is 16.3. The van der Waals surface area contributed by atoms with Crippen LogP contribution in [-0.4, -0.2) is 34.4 Å². The summed E-state index contributed by atoms with van der Waals surface area (Å²) in [5.74, 6) is 0.747. The van der Waals surface area contributed by atoms with Crippen LogP contribution in [0.2, 0.25) is 0 Å². The summed E-state index contributed by atoms with van der Waals surface area (Å²) < 4.78 is 1.83. The molecule has 0 aliphatic rings. The third kappa shape index (κ3) is 7.01. The lowest BCUT2D eigenvalue weighted by molar-refractivity contribution is 0.250. The fraction of sp³-hybridized carbons (Fsp3) is 0.421. The van der Waals surface area contributed by atoms with Crippen LogP contribution < -0.4 is 21.3 Å². The molecule has 0 bridgehead atoms. The maximum atomic E-state index is 11.7. The number of aliphatic imine (C=N–C) groups is 1. The van der Waals surface area contributed by atoms with E-state index in [0.29, 0.717) is 13.1 Å². The zero-order chi connectivity index (χ0) is 19.6. The number of hydrogen-bond donors (Lipinski definition) is 4. The number of guanidine groups is 1. The van der Waals surface area contributed by atoms with E-state index in [9.17, 15) is 4.79 Å². The highest BCUT2D eigenvalue weighted by molar-refractivity contribution is 5.89. The highest BCUT2D eigenvalue weighted by Crippen LogP contribution is 2.10. The average molecular weight is 371 g/mol. The molecule has 1 aromatic heterocycles. The number of carbonyl (C=O) groups excluding carboxylic acids is 1. The molecule has 4 N–H and O–H groups in total. The molecular formula is C19H29N7O. The van der Waals surface area contributed by atoms with Crippen LogP contribution in [0.3, 0.4) is 0 Å². The lowest BCUT2D eigenvalue weighted by atomic mass is 10.2. The average Bonchev–Trinajstić information content (AvgIpc) is 3.03. The van der Waals surface area contributed by atoms with Gasteiger partial charge in [0.25, 0.3) is 0 Å². The Balaban J connectivity index is 1.90. The zero-order valence-electron chi connectivity index (χ0n) is 16.4. The van der Waals surface area contributed by atoms with Gasteiger partial charge in [-0.25, -0.2) is 9.79 Å². The summed E-state index contributed by atoms with van der Waals surface area (Å²) in [7, 11) is 1.91. The SMILES string of the molecule is CCNC(=NCc1ccc(NC(=O)NC(C)C)cc1)NCc1ccnn1C. The van der Waals surface area contributed by atoms with Gasteiger partial charge in [0.2, 0.25) is 0 Å². The largest absolute Gasteiger partial charge is 0.357 e. The van der Waals surface area contributed by atoms with Gasteiger partial charge in [-0.05, 0) is 44.5 Å². The van der Waals surface area contributed by atoms with Crippen LogP contribution in [-0.2, 0) is 20.1 Å². The van der Waals surface area contributed by atoms with Gasteiger partial charge in [-0.15, -0.1) is 0 Å². The Hall–Kier alpha value is -3.03. The number of nitrogens with zero attached hydrogens (tertiary/aromatic N) is 3. The summed E-state index contributed by atoms with van der Waals surface area (Å²) in [5, 5.41) is 16.3. The van der Waals surface area contributed by atoms with Gasteiger partial charge in [0.15, 0.2) is 5.96 Å². The van der Waals surface area contributed by atoms with Crippen LogP contribution in [0.15, 0.2) is 41.5 Å². The van der Waals surface area contributed by atoms with Crippen molar-refractivity contribution in [2.24, 2.45) is 12.0 Å². The number of amides is 2. The molecule has 2 rings (SSSR count). The van der Waals surface area contributed by atoms with Gasteiger partial charge in [0, 0.05) is 31.5 Å². The van der Waals surface area contributed by atoms with E-state index in [1.54, 1.807) is 6.20 Å². The van der Waals surface area contributed by atoms with Gasteiger partial charge in [-0.3, -0.25) is 4.68 Å². The van der Waals surface area contributed by atoms with E-state index in [2.05, 4.69) is 31.4 Å². The number of benzene rings is 1. The van der Waals surface area contributed by atoms with Crippen LogP contribution in [0.1, 0.15) is 32.0 Å². The van der Waals surface area contributed by atoms with Crippen LogP contribution in [0.4, 0.5) is 10.5 Å². The Kier molecular flexibility index (Phi) is 7.66. The van der Waals surface area contributed by atoms with E-state index < -0.39 is 0 Å². The third-order valence-corrected chi connectivity index (χ3v) is 3.75. The van der Waals surface area contributed by atoms with Crippen LogP contribution >= 0.6 is 0 Å². The van der Waals surface area contributed by atoms with Crippen LogP contribution in [0.5, 0.6) is 0 Å². The van der Waals surface area contributed by atoms with Crippen molar-refractivity contribution >= 4 is 17.7 Å². The summed E-state index contributed by atoms with van der Waals surface area (Å²) in [5.41, 5.74) is 2.89. The monoisotopic (exact) mass is 371 g/mol. The minimum absolute atomic E-state index is 0.0990. The number of aryl methyl sites for hydroxylation is 1. The molecule has 0 aliphatic carbocycles.